The van der Waals surface area contributed by atoms with Crippen molar-refractivity contribution in [1.29, 1.82) is 0 Å². The molecular formula is C21H28FIN4O2. The van der Waals surface area contributed by atoms with Crippen molar-refractivity contribution < 1.29 is 13.9 Å². The molecule has 0 saturated carbocycles. The normalized spacial score (nSPS) is 10.7. The number of methoxy groups -OCH3 is 1. The first kappa shape index (κ1) is 24.7. The average Bonchev–Trinajstić information content (AvgIpc) is 2.71. The van der Waals surface area contributed by atoms with Crippen LogP contribution in [0.2, 0.25) is 0 Å². The Balaban J connectivity index is 0.00000420. The molecule has 6 nitrogen and oxygen atoms in total. The van der Waals surface area contributed by atoms with Gasteiger partial charge >= 0.3 is 0 Å². The van der Waals surface area contributed by atoms with Gasteiger partial charge in [0.15, 0.2) is 5.96 Å². The Morgan fingerprint density at radius 3 is 2.45 bits per heavy atom. The fraction of sp³-hybridized carbons (Fsp3) is 0.333. The molecule has 0 atom stereocenters. The number of rotatable bonds is 8. The SMILES string of the molecule is CN=C(NCCNC(=O)c1ccc(C)c(F)c1)NCCc1ccccc1OC.I. The van der Waals surface area contributed by atoms with Crippen LogP contribution >= 0.6 is 24.0 Å². The summed E-state index contributed by atoms with van der Waals surface area (Å²) in [4.78, 5) is 16.2. The molecule has 8 heteroatoms. The lowest BCUT2D eigenvalue weighted by atomic mass is 10.1. The van der Waals surface area contributed by atoms with E-state index in [1.54, 1.807) is 33.2 Å². The summed E-state index contributed by atoms with van der Waals surface area (Å²) < 4.78 is 18.9. The molecule has 158 valence electrons. The number of guanidine groups is 1. The number of para-hydroxylation sites is 1. The molecule has 0 spiro atoms. The van der Waals surface area contributed by atoms with Crippen LogP contribution in [0.5, 0.6) is 5.75 Å². The molecule has 0 bridgehead atoms. The number of hydrogen-bond donors (Lipinski definition) is 3. The van der Waals surface area contributed by atoms with E-state index in [9.17, 15) is 9.18 Å². The Kier molecular flexibility index (Phi) is 11.0. The topological polar surface area (TPSA) is 74.8 Å². The van der Waals surface area contributed by atoms with E-state index in [2.05, 4.69) is 20.9 Å². The van der Waals surface area contributed by atoms with Gasteiger partial charge in [-0.1, -0.05) is 24.3 Å². The van der Waals surface area contributed by atoms with E-state index in [-0.39, 0.29) is 35.7 Å². The predicted octanol–water partition coefficient (Wildman–Crippen LogP) is 2.90. The van der Waals surface area contributed by atoms with Gasteiger partial charge in [0.2, 0.25) is 0 Å². The number of halogens is 2. The summed E-state index contributed by atoms with van der Waals surface area (Å²) in [6.07, 6.45) is 0.792. The lowest BCUT2D eigenvalue weighted by Gasteiger charge is -2.13. The highest BCUT2D eigenvalue weighted by atomic mass is 127. The third-order valence-electron chi connectivity index (χ3n) is 4.24. The zero-order chi connectivity index (χ0) is 20.4. The minimum absolute atomic E-state index is 0. The van der Waals surface area contributed by atoms with Crippen LogP contribution < -0.4 is 20.7 Å². The third kappa shape index (κ3) is 7.88. The van der Waals surface area contributed by atoms with E-state index in [1.807, 2.05) is 24.3 Å². The molecule has 0 fully saturated rings. The van der Waals surface area contributed by atoms with Crippen molar-refractivity contribution in [1.82, 2.24) is 16.0 Å². The number of nitrogens with one attached hydrogen (secondary N) is 3. The second-order valence-corrected chi connectivity index (χ2v) is 6.21. The molecule has 2 aromatic carbocycles. The van der Waals surface area contributed by atoms with Crippen LogP contribution in [0, 0.1) is 12.7 Å². The second kappa shape index (κ2) is 13.0. The van der Waals surface area contributed by atoms with Gasteiger partial charge in [-0.25, -0.2) is 4.39 Å². The first-order valence-electron chi connectivity index (χ1n) is 9.16. The number of nitrogens with zero attached hydrogens (tertiary/aromatic N) is 1. The summed E-state index contributed by atoms with van der Waals surface area (Å²) in [5, 5.41) is 9.11. The van der Waals surface area contributed by atoms with Crippen LogP contribution in [-0.2, 0) is 6.42 Å². The van der Waals surface area contributed by atoms with Gasteiger partial charge in [0.25, 0.3) is 5.91 Å². The van der Waals surface area contributed by atoms with Crippen LogP contribution in [0.3, 0.4) is 0 Å². The van der Waals surface area contributed by atoms with Crippen molar-refractivity contribution in [2.24, 2.45) is 4.99 Å². The number of carbonyl (C=O) groups excluding carboxylic acids is 1. The molecule has 0 radical (unpaired) electrons. The van der Waals surface area contributed by atoms with E-state index in [0.717, 1.165) is 17.7 Å². The lowest BCUT2D eigenvalue weighted by molar-refractivity contribution is 0.0954. The summed E-state index contributed by atoms with van der Waals surface area (Å²) >= 11 is 0. The number of benzene rings is 2. The molecule has 0 aliphatic heterocycles. The fourth-order valence-electron chi connectivity index (χ4n) is 2.64. The summed E-state index contributed by atoms with van der Waals surface area (Å²) in [5.74, 6) is 0.818. The Labute approximate surface area is 188 Å². The average molecular weight is 514 g/mol. The van der Waals surface area contributed by atoms with Gasteiger partial charge < -0.3 is 20.7 Å². The number of aliphatic imine (C=N–C) groups is 1. The molecule has 0 saturated heterocycles. The molecule has 0 aliphatic rings. The first-order valence-corrected chi connectivity index (χ1v) is 9.16. The summed E-state index contributed by atoms with van der Waals surface area (Å²) in [7, 11) is 3.35. The standard InChI is InChI=1S/C21H27FN4O2.HI/c1-15-8-9-17(14-18(15)22)20(27)24-12-13-26-21(23-2)25-11-10-16-6-4-5-7-19(16)28-3;/h4-9,14H,10-13H2,1-3H3,(H,24,27)(H2,23,25,26);1H. The maximum atomic E-state index is 13.5. The quantitative estimate of drug-likeness (QED) is 0.219. The van der Waals surface area contributed by atoms with E-state index >= 15 is 0 Å². The Morgan fingerprint density at radius 2 is 1.76 bits per heavy atom. The molecule has 2 aromatic rings. The Hall–Kier alpha value is -2.36. The van der Waals surface area contributed by atoms with Crippen LogP contribution in [0.15, 0.2) is 47.5 Å². The maximum Gasteiger partial charge on any atom is 0.251 e. The molecule has 3 N–H and O–H groups in total. The lowest BCUT2D eigenvalue weighted by Crippen LogP contribution is -2.42. The third-order valence-corrected chi connectivity index (χ3v) is 4.24. The van der Waals surface area contributed by atoms with Crippen LogP contribution in [0.25, 0.3) is 0 Å². The zero-order valence-electron chi connectivity index (χ0n) is 16.9. The van der Waals surface area contributed by atoms with Gasteiger partial charge in [0, 0.05) is 32.2 Å². The summed E-state index contributed by atoms with van der Waals surface area (Å²) in [6, 6.07) is 12.3. The first-order chi connectivity index (χ1) is 13.5. The van der Waals surface area contributed by atoms with Crippen molar-refractivity contribution >= 4 is 35.8 Å². The molecule has 2 rings (SSSR count). The molecular weight excluding hydrogens is 486 g/mol. The second-order valence-electron chi connectivity index (χ2n) is 6.21. The Morgan fingerprint density at radius 1 is 1.07 bits per heavy atom. The summed E-state index contributed by atoms with van der Waals surface area (Å²) in [6.45, 7) is 3.23. The molecule has 0 heterocycles. The van der Waals surface area contributed by atoms with Gasteiger partial charge in [-0.15, -0.1) is 24.0 Å². The van der Waals surface area contributed by atoms with Crippen molar-refractivity contribution in [3.63, 3.8) is 0 Å². The van der Waals surface area contributed by atoms with Crippen molar-refractivity contribution in [3.05, 3.63) is 65.0 Å². The van der Waals surface area contributed by atoms with E-state index in [1.165, 1.54) is 6.07 Å². The number of amides is 1. The molecule has 0 aromatic heterocycles. The largest absolute Gasteiger partial charge is 0.496 e. The van der Waals surface area contributed by atoms with E-state index < -0.39 is 0 Å². The van der Waals surface area contributed by atoms with Crippen molar-refractivity contribution in [2.45, 2.75) is 13.3 Å². The predicted molar refractivity (Wildman–Crippen MR) is 125 cm³/mol. The fourth-order valence-corrected chi connectivity index (χ4v) is 2.64. The van der Waals surface area contributed by atoms with Gasteiger partial charge in [-0.3, -0.25) is 9.79 Å². The number of ether oxygens (including phenoxy) is 1. The molecule has 1 amide bonds. The van der Waals surface area contributed by atoms with Gasteiger partial charge in [-0.05, 0) is 42.7 Å². The highest BCUT2D eigenvalue weighted by Crippen LogP contribution is 2.17. The monoisotopic (exact) mass is 514 g/mol. The maximum absolute atomic E-state index is 13.5. The molecule has 0 unspecified atom stereocenters. The summed E-state index contributed by atoms with van der Waals surface area (Å²) in [5.41, 5.74) is 1.94. The van der Waals surface area contributed by atoms with Crippen molar-refractivity contribution in [2.75, 3.05) is 33.8 Å². The zero-order valence-corrected chi connectivity index (χ0v) is 19.3. The Bertz CT molecular complexity index is 830. The van der Waals surface area contributed by atoms with E-state index in [4.69, 9.17) is 4.74 Å². The van der Waals surface area contributed by atoms with E-state index in [0.29, 0.717) is 36.7 Å². The van der Waals surface area contributed by atoms with Gasteiger partial charge in [-0.2, -0.15) is 0 Å². The van der Waals surface area contributed by atoms with Crippen LogP contribution in [-0.4, -0.2) is 45.7 Å². The molecule has 0 aliphatic carbocycles. The van der Waals surface area contributed by atoms with Gasteiger partial charge in [0.05, 0.1) is 7.11 Å². The van der Waals surface area contributed by atoms with Gasteiger partial charge in [0.1, 0.15) is 11.6 Å². The molecule has 29 heavy (non-hydrogen) atoms. The number of aryl methyl sites for hydroxylation is 1. The van der Waals surface area contributed by atoms with Crippen LogP contribution in [0.4, 0.5) is 4.39 Å². The number of hydrogen-bond acceptors (Lipinski definition) is 3. The van der Waals surface area contributed by atoms with Crippen LogP contribution in [0.1, 0.15) is 21.5 Å². The minimum Gasteiger partial charge on any atom is -0.496 e. The van der Waals surface area contributed by atoms with Crippen molar-refractivity contribution in [3.8, 4) is 5.75 Å². The minimum atomic E-state index is -0.384. The highest BCUT2D eigenvalue weighted by Gasteiger charge is 2.08. The highest BCUT2D eigenvalue weighted by molar-refractivity contribution is 14.0. The number of carbonyl (C=O) groups is 1. The smallest absolute Gasteiger partial charge is 0.251 e.